The highest BCUT2D eigenvalue weighted by Gasteiger charge is 2.28. The molecule has 0 unspecified atom stereocenters. The van der Waals surface area contributed by atoms with Gasteiger partial charge >= 0.3 is 11.9 Å². The first-order chi connectivity index (χ1) is 16.9. The van der Waals surface area contributed by atoms with Crippen LogP contribution >= 0.6 is 0 Å². The molecule has 1 amide bonds. The number of aromatic nitrogens is 2. The number of nitriles is 1. The van der Waals surface area contributed by atoms with Crippen molar-refractivity contribution in [1.82, 2.24) is 9.97 Å². The molecule has 0 radical (unpaired) electrons. The number of carbonyl (C=O) groups excluding carboxylic acids is 3. The lowest BCUT2D eigenvalue weighted by atomic mass is 10.1. The number of ether oxygens (including phenoxy) is 2. The van der Waals surface area contributed by atoms with E-state index < -0.39 is 11.9 Å². The van der Waals surface area contributed by atoms with Gasteiger partial charge in [-0.1, -0.05) is 0 Å². The van der Waals surface area contributed by atoms with Gasteiger partial charge in [-0.2, -0.15) is 5.26 Å². The second-order valence-electron chi connectivity index (χ2n) is 8.22. The molecule has 2 aromatic heterocycles. The molecule has 3 N–H and O–H groups in total. The van der Waals surface area contributed by atoms with Crippen LogP contribution in [0.2, 0.25) is 0 Å². The van der Waals surface area contributed by atoms with Gasteiger partial charge in [0.05, 0.1) is 54.2 Å². The highest BCUT2D eigenvalue weighted by atomic mass is 16.5. The van der Waals surface area contributed by atoms with Crippen LogP contribution in [-0.2, 0) is 14.3 Å². The number of amides is 1. The standard InChI is InChI=1S/C14H15N3O3.C11H14N2O2/c1-2-20-14(19)10-7-11(9-3-4-9)16-8-12(10)17-13(18)5-6-15;1-2-15-11(14)8-5-10(7-3-4-7)13-6-9(8)12/h7-9H,2-5H2,1H3,(H,17,18);5-7H,2-4,12H2,1H3. The monoisotopic (exact) mass is 479 g/mol. The van der Waals surface area contributed by atoms with Gasteiger partial charge in [-0.15, -0.1) is 0 Å². The Morgan fingerprint density at radius 1 is 0.971 bits per heavy atom. The fourth-order valence-electron chi connectivity index (χ4n) is 3.29. The van der Waals surface area contributed by atoms with Crippen molar-refractivity contribution in [1.29, 1.82) is 5.26 Å². The number of nitrogens with two attached hydrogens (primary N) is 1. The second kappa shape index (κ2) is 11.9. The van der Waals surface area contributed by atoms with E-state index in [9.17, 15) is 14.4 Å². The number of nitrogens with one attached hydrogen (secondary N) is 1. The molecular weight excluding hydrogens is 450 g/mol. The summed E-state index contributed by atoms with van der Waals surface area (Å²) in [5.74, 6) is -0.423. The molecule has 0 spiro atoms. The third kappa shape index (κ3) is 7.24. The van der Waals surface area contributed by atoms with Gasteiger partial charge in [-0.25, -0.2) is 9.59 Å². The first-order valence-electron chi connectivity index (χ1n) is 11.6. The van der Waals surface area contributed by atoms with Gasteiger partial charge in [0.25, 0.3) is 0 Å². The lowest BCUT2D eigenvalue weighted by Crippen LogP contribution is -2.16. The largest absolute Gasteiger partial charge is 0.462 e. The molecule has 0 bridgehead atoms. The fourth-order valence-corrected chi connectivity index (χ4v) is 3.29. The maximum atomic E-state index is 11.9. The molecule has 0 saturated heterocycles. The van der Waals surface area contributed by atoms with E-state index in [1.165, 1.54) is 6.20 Å². The summed E-state index contributed by atoms with van der Waals surface area (Å²) in [6.07, 6.45) is 7.16. The Kier molecular flexibility index (Phi) is 8.73. The molecule has 184 valence electrons. The van der Waals surface area contributed by atoms with Crippen LogP contribution in [0.15, 0.2) is 24.5 Å². The minimum atomic E-state index is -0.496. The van der Waals surface area contributed by atoms with E-state index >= 15 is 0 Å². The van der Waals surface area contributed by atoms with Gasteiger partial charge in [0.2, 0.25) is 5.91 Å². The summed E-state index contributed by atoms with van der Waals surface area (Å²) in [5.41, 5.74) is 8.87. The second-order valence-corrected chi connectivity index (χ2v) is 8.22. The van der Waals surface area contributed by atoms with Crippen molar-refractivity contribution in [3.63, 3.8) is 0 Å². The van der Waals surface area contributed by atoms with E-state index in [-0.39, 0.29) is 30.2 Å². The van der Waals surface area contributed by atoms with Gasteiger partial charge in [0.15, 0.2) is 0 Å². The molecule has 0 aliphatic heterocycles. The number of anilines is 2. The summed E-state index contributed by atoms with van der Waals surface area (Å²) in [5, 5.41) is 11.0. The Balaban J connectivity index is 0.000000203. The van der Waals surface area contributed by atoms with Gasteiger partial charge in [0, 0.05) is 23.2 Å². The number of pyridine rings is 2. The van der Waals surface area contributed by atoms with Crippen molar-refractivity contribution in [3.8, 4) is 6.07 Å². The summed E-state index contributed by atoms with van der Waals surface area (Å²) in [6, 6.07) is 5.17. The van der Waals surface area contributed by atoms with Gasteiger partial charge in [0.1, 0.15) is 6.42 Å². The summed E-state index contributed by atoms with van der Waals surface area (Å²) in [7, 11) is 0. The third-order valence-corrected chi connectivity index (χ3v) is 5.38. The van der Waals surface area contributed by atoms with Gasteiger partial charge in [-0.05, 0) is 51.7 Å². The zero-order valence-electron chi connectivity index (χ0n) is 19.9. The smallest absolute Gasteiger partial charge is 0.340 e. The summed E-state index contributed by atoms with van der Waals surface area (Å²) < 4.78 is 9.90. The summed E-state index contributed by atoms with van der Waals surface area (Å²) in [4.78, 5) is 43.4. The normalized spacial score (nSPS) is 14.1. The van der Waals surface area contributed by atoms with Crippen molar-refractivity contribution >= 4 is 29.2 Å². The molecular formula is C25H29N5O5. The topological polar surface area (TPSA) is 157 Å². The number of carbonyl (C=O) groups is 3. The molecule has 0 aromatic carbocycles. The molecule has 2 aliphatic carbocycles. The molecule has 2 aliphatic rings. The zero-order chi connectivity index (χ0) is 25.4. The predicted molar refractivity (Wildman–Crippen MR) is 128 cm³/mol. The highest BCUT2D eigenvalue weighted by molar-refractivity contribution is 6.01. The molecule has 2 aromatic rings. The van der Waals surface area contributed by atoms with E-state index in [4.69, 9.17) is 20.5 Å². The minimum absolute atomic E-state index is 0.255. The quantitative estimate of drug-likeness (QED) is 0.538. The molecule has 35 heavy (non-hydrogen) atoms. The van der Waals surface area contributed by atoms with Crippen LogP contribution in [0.3, 0.4) is 0 Å². The van der Waals surface area contributed by atoms with E-state index in [1.54, 1.807) is 38.2 Å². The summed E-state index contributed by atoms with van der Waals surface area (Å²) in [6.45, 7) is 4.11. The average Bonchev–Trinajstić information content (AvgIpc) is 3.74. The van der Waals surface area contributed by atoms with Crippen molar-refractivity contribution in [2.75, 3.05) is 24.3 Å². The first kappa shape index (κ1) is 25.6. The summed E-state index contributed by atoms with van der Waals surface area (Å²) >= 11 is 0. The van der Waals surface area contributed by atoms with E-state index in [0.717, 1.165) is 37.1 Å². The zero-order valence-corrected chi connectivity index (χ0v) is 19.9. The highest BCUT2D eigenvalue weighted by Crippen LogP contribution is 2.40. The van der Waals surface area contributed by atoms with Crippen LogP contribution in [-0.4, -0.2) is 41.0 Å². The lowest BCUT2D eigenvalue weighted by Gasteiger charge is -2.10. The van der Waals surface area contributed by atoms with Crippen LogP contribution < -0.4 is 11.1 Å². The molecule has 10 nitrogen and oxygen atoms in total. The average molecular weight is 480 g/mol. The van der Waals surface area contributed by atoms with Crippen LogP contribution in [0.1, 0.15) is 89.9 Å². The minimum Gasteiger partial charge on any atom is -0.462 e. The molecule has 2 heterocycles. The molecule has 0 atom stereocenters. The molecule has 2 saturated carbocycles. The lowest BCUT2D eigenvalue weighted by molar-refractivity contribution is -0.115. The number of nitrogen functional groups attached to an aromatic ring is 1. The maximum absolute atomic E-state index is 11.9. The van der Waals surface area contributed by atoms with Crippen molar-refractivity contribution < 1.29 is 23.9 Å². The number of hydrogen-bond donors (Lipinski definition) is 2. The third-order valence-electron chi connectivity index (χ3n) is 5.38. The van der Waals surface area contributed by atoms with Crippen molar-refractivity contribution in [2.45, 2.75) is 57.8 Å². The Labute approximate surface area is 203 Å². The molecule has 2 fully saturated rings. The van der Waals surface area contributed by atoms with Gasteiger partial charge in [-0.3, -0.25) is 14.8 Å². The van der Waals surface area contributed by atoms with Crippen molar-refractivity contribution in [2.24, 2.45) is 0 Å². The Morgan fingerprint density at radius 2 is 1.49 bits per heavy atom. The van der Waals surface area contributed by atoms with E-state index in [0.29, 0.717) is 29.7 Å². The van der Waals surface area contributed by atoms with Crippen LogP contribution in [0.4, 0.5) is 11.4 Å². The fraction of sp³-hybridized carbons (Fsp3) is 0.440. The molecule has 4 rings (SSSR count). The van der Waals surface area contributed by atoms with Crippen LogP contribution in [0.5, 0.6) is 0 Å². The van der Waals surface area contributed by atoms with Crippen LogP contribution in [0, 0.1) is 11.3 Å². The Hall–Kier alpha value is -4.00. The first-order valence-corrected chi connectivity index (χ1v) is 11.6. The molecule has 10 heteroatoms. The Morgan fingerprint density at radius 3 is 2.00 bits per heavy atom. The SMILES string of the molecule is CCOC(=O)c1cc(C2CC2)ncc1N.CCOC(=O)c1cc(C2CC2)ncc1NC(=O)CC#N. The van der Waals surface area contributed by atoms with Crippen molar-refractivity contribution in [3.05, 3.63) is 47.0 Å². The number of esters is 2. The number of hydrogen-bond acceptors (Lipinski definition) is 9. The predicted octanol–water partition coefficient (Wildman–Crippen LogP) is 3.71. The van der Waals surface area contributed by atoms with Gasteiger partial charge < -0.3 is 20.5 Å². The van der Waals surface area contributed by atoms with E-state index in [1.807, 2.05) is 0 Å². The van der Waals surface area contributed by atoms with Crippen LogP contribution in [0.25, 0.3) is 0 Å². The Bertz CT molecular complexity index is 1140. The van der Waals surface area contributed by atoms with E-state index in [2.05, 4.69) is 15.3 Å². The maximum Gasteiger partial charge on any atom is 0.340 e. The number of rotatable bonds is 8. The number of nitrogens with zero attached hydrogens (tertiary/aromatic N) is 3.